The van der Waals surface area contributed by atoms with Gasteiger partial charge in [0.25, 0.3) is 0 Å². The van der Waals surface area contributed by atoms with Crippen molar-refractivity contribution in [1.82, 2.24) is 10.6 Å². The molecule has 1 atom stereocenters. The zero-order valence-electron chi connectivity index (χ0n) is 6.27. The summed E-state index contributed by atoms with van der Waals surface area (Å²) < 4.78 is 0. The Hall–Kier alpha value is -0.120. The van der Waals surface area contributed by atoms with Gasteiger partial charge < -0.3 is 10.4 Å². The van der Waals surface area contributed by atoms with E-state index in [0.717, 1.165) is 25.6 Å². The maximum absolute atomic E-state index is 8.47. The average Bonchev–Trinajstić information content (AvgIpc) is 2.03. The van der Waals surface area contributed by atoms with Gasteiger partial charge in [-0.25, -0.2) is 0 Å². The van der Waals surface area contributed by atoms with Crippen LogP contribution in [0.5, 0.6) is 0 Å². The predicted octanol–water partition coefficient (Wildman–Crippen LogP) is -0.475. The van der Waals surface area contributed by atoms with Gasteiger partial charge in [0.2, 0.25) is 0 Å². The molecule has 3 N–H and O–H groups in total. The van der Waals surface area contributed by atoms with Crippen LogP contribution in [0.3, 0.4) is 0 Å². The Morgan fingerprint density at radius 1 is 1.60 bits per heavy atom. The first-order valence-corrected chi connectivity index (χ1v) is 3.96. The Labute approximate surface area is 61.8 Å². The molecule has 3 nitrogen and oxygen atoms in total. The van der Waals surface area contributed by atoms with Gasteiger partial charge in [-0.3, -0.25) is 5.32 Å². The largest absolute Gasteiger partial charge is 0.381 e. The van der Waals surface area contributed by atoms with E-state index in [4.69, 9.17) is 5.11 Å². The zero-order chi connectivity index (χ0) is 7.23. The van der Waals surface area contributed by atoms with E-state index in [-0.39, 0.29) is 6.73 Å². The molecule has 10 heavy (non-hydrogen) atoms. The minimum absolute atomic E-state index is 0.108. The smallest absolute Gasteiger partial charge is 0.0931 e. The van der Waals surface area contributed by atoms with Crippen LogP contribution < -0.4 is 10.6 Å². The van der Waals surface area contributed by atoms with E-state index in [0.29, 0.717) is 0 Å². The lowest BCUT2D eigenvalue weighted by atomic mass is 10.00. The van der Waals surface area contributed by atoms with Crippen LogP contribution >= 0.6 is 0 Å². The highest BCUT2D eigenvalue weighted by Crippen LogP contribution is 2.07. The molecule has 1 aliphatic heterocycles. The third kappa shape index (κ3) is 2.64. The van der Waals surface area contributed by atoms with Gasteiger partial charge in [-0.1, -0.05) is 0 Å². The fourth-order valence-corrected chi connectivity index (χ4v) is 1.37. The maximum atomic E-state index is 8.47. The average molecular weight is 144 g/mol. The SMILES string of the molecule is OCNCC1CCCNC1. The van der Waals surface area contributed by atoms with Crippen molar-refractivity contribution < 1.29 is 5.11 Å². The Balaban J connectivity index is 2.02. The molecular formula is C7H16N2O. The van der Waals surface area contributed by atoms with Gasteiger partial charge in [0.1, 0.15) is 0 Å². The van der Waals surface area contributed by atoms with Crippen LogP contribution in [0.1, 0.15) is 12.8 Å². The van der Waals surface area contributed by atoms with Crippen molar-refractivity contribution in [3.05, 3.63) is 0 Å². The summed E-state index contributed by atoms with van der Waals surface area (Å²) in [5.41, 5.74) is 0. The molecule has 0 aliphatic carbocycles. The molecule has 0 bridgehead atoms. The molecule has 1 fully saturated rings. The summed E-state index contributed by atoms with van der Waals surface area (Å²) in [5.74, 6) is 0.723. The first-order valence-electron chi connectivity index (χ1n) is 3.96. The van der Waals surface area contributed by atoms with Crippen molar-refractivity contribution in [2.24, 2.45) is 5.92 Å². The minimum Gasteiger partial charge on any atom is -0.381 e. The molecule has 1 unspecified atom stereocenters. The number of rotatable bonds is 3. The molecule has 0 aromatic rings. The standard InChI is InChI=1S/C7H16N2O/c10-6-9-5-7-2-1-3-8-4-7/h7-10H,1-6H2. The molecule has 0 spiro atoms. The van der Waals surface area contributed by atoms with Crippen molar-refractivity contribution in [2.75, 3.05) is 26.4 Å². The molecule has 1 saturated heterocycles. The maximum Gasteiger partial charge on any atom is 0.0931 e. The molecule has 1 aliphatic rings. The van der Waals surface area contributed by atoms with Gasteiger partial charge >= 0.3 is 0 Å². The highest BCUT2D eigenvalue weighted by Gasteiger charge is 2.11. The highest BCUT2D eigenvalue weighted by atomic mass is 16.3. The summed E-state index contributed by atoms with van der Waals surface area (Å²) >= 11 is 0. The summed E-state index contributed by atoms with van der Waals surface area (Å²) in [7, 11) is 0. The van der Waals surface area contributed by atoms with Crippen molar-refractivity contribution >= 4 is 0 Å². The number of aliphatic hydroxyl groups excluding tert-OH is 1. The van der Waals surface area contributed by atoms with Gasteiger partial charge in [0, 0.05) is 6.54 Å². The fourth-order valence-electron chi connectivity index (χ4n) is 1.37. The summed E-state index contributed by atoms with van der Waals surface area (Å²) in [5, 5.41) is 14.7. The van der Waals surface area contributed by atoms with Gasteiger partial charge in [0.15, 0.2) is 0 Å². The van der Waals surface area contributed by atoms with Crippen molar-refractivity contribution in [2.45, 2.75) is 12.8 Å². The molecule has 0 aromatic heterocycles. The monoisotopic (exact) mass is 144 g/mol. The minimum atomic E-state index is 0.108. The molecule has 3 heteroatoms. The van der Waals surface area contributed by atoms with Crippen LogP contribution in [0.4, 0.5) is 0 Å². The number of hydrogen-bond donors (Lipinski definition) is 3. The lowest BCUT2D eigenvalue weighted by molar-refractivity contribution is 0.241. The quantitative estimate of drug-likeness (QED) is 0.469. The topological polar surface area (TPSA) is 44.3 Å². The molecule has 1 rings (SSSR count). The Bertz CT molecular complexity index is 81.7. The molecule has 0 radical (unpaired) electrons. The van der Waals surface area contributed by atoms with Crippen molar-refractivity contribution in [3.63, 3.8) is 0 Å². The number of hydrogen-bond acceptors (Lipinski definition) is 3. The van der Waals surface area contributed by atoms with Crippen LogP contribution in [-0.2, 0) is 0 Å². The van der Waals surface area contributed by atoms with Gasteiger partial charge in [-0.2, -0.15) is 0 Å². The van der Waals surface area contributed by atoms with Crippen molar-refractivity contribution in [3.8, 4) is 0 Å². The van der Waals surface area contributed by atoms with E-state index >= 15 is 0 Å². The van der Waals surface area contributed by atoms with Crippen LogP contribution in [0.15, 0.2) is 0 Å². The Morgan fingerprint density at radius 2 is 2.50 bits per heavy atom. The molecular weight excluding hydrogens is 128 g/mol. The summed E-state index contributed by atoms with van der Waals surface area (Å²) in [4.78, 5) is 0. The fraction of sp³-hybridized carbons (Fsp3) is 1.00. The van der Waals surface area contributed by atoms with Gasteiger partial charge in [-0.15, -0.1) is 0 Å². The second-order valence-electron chi connectivity index (χ2n) is 2.82. The van der Waals surface area contributed by atoms with Crippen LogP contribution in [0.2, 0.25) is 0 Å². The van der Waals surface area contributed by atoms with Gasteiger partial charge in [0.05, 0.1) is 6.73 Å². The lowest BCUT2D eigenvalue weighted by Gasteiger charge is -2.22. The predicted molar refractivity (Wildman–Crippen MR) is 40.7 cm³/mol. The van der Waals surface area contributed by atoms with E-state index in [1.54, 1.807) is 0 Å². The van der Waals surface area contributed by atoms with Crippen LogP contribution in [-0.4, -0.2) is 31.5 Å². The van der Waals surface area contributed by atoms with E-state index in [1.807, 2.05) is 0 Å². The summed E-state index contributed by atoms with van der Waals surface area (Å²) in [6, 6.07) is 0. The third-order valence-electron chi connectivity index (χ3n) is 1.94. The van der Waals surface area contributed by atoms with E-state index in [1.165, 1.54) is 12.8 Å². The van der Waals surface area contributed by atoms with E-state index in [9.17, 15) is 0 Å². The Kier molecular flexibility index (Phi) is 3.72. The first kappa shape index (κ1) is 7.98. The second-order valence-corrected chi connectivity index (χ2v) is 2.82. The normalized spacial score (nSPS) is 26.7. The lowest BCUT2D eigenvalue weighted by Crippen LogP contribution is -2.36. The second kappa shape index (κ2) is 4.66. The Morgan fingerprint density at radius 3 is 3.10 bits per heavy atom. The summed E-state index contributed by atoms with van der Waals surface area (Å²) in [6.07, 6.45) is 2.57. The van der Waals surface area contributed by atoms with Crippen LogP contribution in [0, 0.1) is 5.92 Å². The molecule has 0 aromatic carbocycles. The van der Waals surface area contributed by atoms with Crippen LogP contribution in [0.25, 0.3) is 0 Å². The van der Waals surface area contributed by atoms with E-state index < -0.39 is 0 Å². The first-order chi connectivity index (χ1) is 4.93. The number of aliphatic hydroxyl groups is 1. The number of nitrogens with one attached hydrogen (secondary N) is 2. The number of piperidine rings is 1. The molecule has 60 valence electrons. The van der Waals surface area contributed by atoms with E-state index in [2.05, 4.69) is 10.6 Å². The summed E-state index contributed by atoms with van der Waals surface area (Å²) in [6.45, 7) is 3.32. The van der Waals surface area contributed by atoms with Crippen molar-refractivity contribution in [1.29, 1.82) is 0 Å². The molecule has 0 amide bonds. The molecule has 1 heterocycles. The third-order valence-corrected chi connectivity index (χ3v) is 1.94. The highest BCUT2D eigenvalue weighted by molar-refractivity contribution is 4.69. The van der Waals surface area contributed by atoms with Gasteiger partial charge in [-0.05, 0) is 31.8 Å². The molecule has 0 saturated carbocycles. The zero-order valence-corrected chi connectivity index (χ0v) is 6.27.